The maximum Gasteiger partial charge on any atom is 0.337 e. The number of esters is 1. The number of nitrogens with one attached hydrogen (secondary N) is 2. The lowest BCUT2D eigenvalue weighted by molar-refractivity contribution is -0.136. The number of methoxy groups -OCH3 is 2. The molecule has 8 heteroatoms. The Morgan fingerprint density at radius 3 is 2.59 bits per heavy atom. The number of carbonyl (C=O) groups is 2. The number of rotatable bonds is 6. The van der Waals surface area contributed by atoms with Crippen molar-refractivity contribution in [2.45, 2.75) is 19.6 Å². The Labute approximate surface area is 167 Å². The van der Waals surface area contributed by atoms with Crippen LogP contribution in [0.1, 0.15) is 24.1 Å². The zero-order valence-corrected chi connectivity index (χ0v) is 16.2. The molecular weight excluding hydrogens is 379 g/mol. The van der Waals surface area contributed by atoms with Gasteiger partial charge in [-0.3, -0.25) is 0 Å². The molecule has 7 nitrogen and oxygen atoms in total. The summed E-state index contributed by atoms with van der Waals surface area (Å²) < 4.78 is 30.2. The number of hydrogen-bond donors (Lipinski definition) is 2. The van der Waals surface area contributed by atoms with Gasteiger partial charge in [-0.05, 0) is 19.1 Å². The van der Waals surface area contributed by atoms with Crippen LogP contribution in [-0.4, -0.2) is 26.2 Å². The third-order valence-electron chi connectivity index (χ3n) is 4.54. The predicted molar refractivity (Wildman–Crippen MR) is 103 cm³/mol. The molecule has 1 unspecified atom stereocenters. The summed E-state index contributed by atoms with van der Waals surface area (Å²) in [5.41, 5.74) is 1.44. The number of ether oxygens (including phenoxy) is 3. The number of hydrogen-bond acceptors (Lipinski definition) is 5. The van der Waals surface area contributed by atoms with E-state index in [1.165, 1.54) is 20.3 Å². The van der Waals surface area contributed by atoms with Crippen LogP contribution in [0.5, 0.6) is 11.5 Å². The van der Waals surface area contributed by atoms with Crippen molar-refractivity contribution in [3.8, 4) is 11.5 Å². The third kappa shape index (κ3) is 4.16. The van der Waals surface area contributed by atoms with Crippen LogP contribution in [-0.2, 0) is 16.1 Å². The van der Waals surface area contributed by atoms with Gasteiger partial charge in [0.1, 0.15) is 12.4 Å². The molecule has 0 saturated heterocycles. The van der Waals surface area contributed by atoms with Crippen LogP contribution in [0.15, 0.2) is 53.7 Å². The largest absolute Gasteiger partial charge is 0.493 e. The summed E-state index contributed by atoms with van der Waals surface area (Å²) in [5, 5.41) is 5.28. The Bertz CT molecular complexity index is 973. The van der Waals surface area contributed by atoms with E-state index in [9.17, 15) is 14.0 Å². The summed E-state index contributed by atoms with van der Waals surface area (Å²) in [5.74, 6) is -0.318. The van der Waals surface area contributed by atoms with Crippen molar-refractivity contribution in [3.63, 3.8) is 0 Å². The van der Waals surface area contributed by atoms with Gasteiger partial charge in [-0.15, -0.1) is 0 Å². The minimum absolute atomic E-state index is 0.0603. The highest BCUT2D eigenvalue weighted by Gasteiger charge is 2.34. The number of halogens is 1. The molecule has 3 rings (SSSR count). The van der Waals surface area contributed by atoms with Gasteiger partial charge in [0.2, 0.25) is 0 Å². The lowest BCUT2D eigenvalue weighted by Crippen LogP contribution is -2.45. The number of urea groups is 1. The van der Waals surface area contributed by atoms with Crippen molar-refractivity contribution in [3.05, 3.63) is 70.7 Å². The summed E-state index contributed by atoms with van der Waals surface area (Å²) in [7, 11) is 2.73. The van der Waals surface area contributed by atoms with E-state index in [2.05, 4.69) is 10.6 Å². The summed E-state index contributed by atoms with van der Waals surface area (Å²) >= 11 is 0. The molecule has 0 saturated carbocycles. The van der Waals surface area contributed by atoms with Gasteiger partial charge in [0.25, 0.3) is 0 Å². The summed E-state index contributed by atoms with van der Waals surface area (Å²) in [6, 6.07) is 10.0. The van der Waals surface area contributed by atoms with Crippen molar-refractivity contribution in [2.24, 2.45) is 0 Å². The van der Waals surface area contributed by atoms with Crippen LogP contribution in [0, 0.1) is 5.82 Å². The lowest BCUT2D eigenvalue weighted by Gasteiger charge is -2.29. The van der Waals surface area contributed by atoms with Crippen LogP contribution < -0.4 is 20.1 Å². The van der Waals surface area contributed by atoms with Crippen molar-refractivity contribution in [2.75, 3.05) is 14.2 Å². The molecule has 1 heterocycles. The van der Waals surface area contributed by atoms with Gasteiger partial charge in [-0.25, -0.2) is 14.0 Å². The van der Waals surface area contributed by atoms with E-state index in [0.717, 1.165) is 0 Å². The van der Waals surface area contributed by atoms with E-state index in [1.54, 1.807) is 43.3 Å². The third-order valence-corrected chi connectivity index (χ3v) is 4.54. The molecule has 0 radical (unpaired) electrons. The van der Waals surface area contributed by atoms with Gasteiger partial charge in [0.05, 0.1) is 25.8 Å². The van der Waals surface area contributed by atoms with E-state index in [-0.39, 0.29) is 12.2 Å². The molecule has 0 fully saturated rings. The van der Waals surface area contributed by atoms with E-state index in [4.69, 9.17) is 14.2 Å². The quantitative estimate of drug-likeness (QED) is 0.728. The van der Waals surface area contributed by atoms with Crippen molar-refractivity contribution in [1.29, 1.82) is 0 Å². The predicted octanol–water partition coefficient (Wildman–Crippen LogP) is 3.21. The van der Waals surface area contributed by atoms with Crippen molar-refractivity contribution < 1.29 is 28.2 Å². The average molecular weight is 400 g/mol. The molecule has 1 atom stereocenters. The Hall–Kier alpha value is -3.55. The second-order valence-electron chi connectivity index (χ2n) is 6.32. The average Bonchev–Trinajstić information content (AvgIpc) is 2.71. The first kappa shape index (κ1) is 20.2. The zero-order valence-electron chi connectivity index (χ0n) is 16.2. The van der Waals surface area contributed by atoms with E-state index < -0.39 is 23.9 Å². The van der Waals surface area contributed by atoms with Crippen molar-refractivity contribution >= 4 is 12.0 Å². The molecule has 152 valence electrons. The Morgan fingerprint density at radius 2 is 1.90 bits per heavy atom. The topological polar surface area (TPSA) is 85.9 Å². The van der Waals surface area contributed by atoms with Gasteiger partial charge in [0, 0.05) is 16.8 Å². The van der Waals surface area contributed by atoms with Gasteiger partial charge in [-0.1, -0.05) is 30.3 Å². The molecular formula is C21H21FN2O5. The smallest absolute Gasteiger partial charge is 0.337 e. The van der Waals surface area contributed by atoms with Gasteiger partial charge >= 0.3 is 12.0 Å². The second-order valence-corrected chi connectivity index (χ2v) is 6.32. The van der Waals surface area contributed by atoms with Crippen LogP contribution in [0.25, 0.3) is 0 Å². The minimum atomic E-state index is -0.832. The van der Waals surface area contributed by atoms with Crippen LogP contribution in [0.4, 0.5) is 9.18 Å². The number of amides is 2. The van der Waals surface area contributed by atoms with E-state index in [1.807, 2.05) is 0 Å². The normalized spacial score (nSPS) is 16.0. The van der Waals surface area contributed by atoms with Gasteiger partial charge in [-0.2, -0.15) is 0 Å². The summed E-state index contributed by atoms with van der Waals surface area (Å²) in [4.78, 5) is 24.4. The second kappa shape index (κ2) is 8.64. The number of allylic oxidation sites excluding steroid dienone is 1. The van der Waals surface area contributed by atoms with Crippen molar-refractivity contribution in [1.82, 2.24) is 10.6 Å². The fourth-order valence-electron chi connectivity index (χ4n) is 3.15. The van der Waals surface area contributed by atoms with E-state index >= 15 is 0 Å². The number of para-hydroxylation sites is 1. The first-order chi connectivity index (χ1) is 14.0. The first-order valence-corrected chi connectivity index (χ1v) is 8.86. The fraction of sp³-hybridized carbons (Fsp3) is 0.238. The maximum atomic E-state index is 14.0. The lowest BCUT2D eigenvalue weighted by atomic mass is 9.94. The monoisotopic (exact) mass is 400 g/mol. The first-order valence-electron chi connectivity index (χ1n) is 8.86. The summed E-state index contributed by atoms with van der Waals surface area (Å²) in [6.07, 6.45) is 0. The molecule has 2 N–H and O–H groups in total. The highest BCUT2D eigenvalue weighted by molar-refractivity contribution is 5.95. The molecule has 0 spiro atoms. The highest BCUT2D eigenvalue weighted by Crippen LogP contribution is 2.39. The Kier molecular flexibility index (Phi) is 6.01. The molecule has 0 aliphatic carbocycles. The van der Waals surface area contributed by atoms with Gasteiger partial charge in [0.15, 0.2) is 11.5 Å². The number of benzene rings is 2. The maximum absolute atomic E-state index is 14.0. The Morgan fingerprint density at radius 1 is 1.14 bits per heavy atom. The molecule has 1 aliphatic rings. The van der Waals surface area contributed by atoms with Crippen LogP contribution in [0.2, 0.25) is 0 Å². The van der Waals surface area contributed by atoms with Crippen LogP contribution in [0.3, 0.4) is 0 Å². The SMILES string of the molecule is COC(=O)C1=C(C)NC(=O)NC1c1cccc(OC)c1OCc1ccccc1F. The zero-order chi connectivity index (χ0) is 21.0. The Balaban J connectivity index is 2.04. The number of carbonyl (C=O) groups excluding carboxylic acids is 2. The van der Waals surface area contributed by atoms with E-state index in [0.29, 0.717) is 28.3 Å². The van der Waals surface area contributed by atoms with Crippen LogP contribution >= 0.6 is 0 Å². The summed E-state index contributed by atoms with van der Waals surface area (Å²) in [6.45, 7) is 1.55. The molecule has 2 amide bonds. The highest BCUT2D eigenvalue weighted by atomic mass is 19.1. The minimum Gasteiger partial charge on any atom is -0.493 e. The standard InChI is InChI=1S/C21H21FN2O5/c1-12-17(20(25)28-3)18(24-21(26)23-12)14-8-6-10-16(27-2)19(14)29-11-13-7-4-5-9-15(13)22/h4-10,18H,11H2,1-3H3,(H2,23,24,26). The molecule has 0 aromatic heterocycles. The van der Waals surface area contributed by atoms with Gasteiger partial charge < -0.3 is 24.8 Å². The molecule has 2 aromatic rings. The molecule has 1 aliphatic heterocycles. The molecule has 29 heavy (non-hydrogen) atoms. The molecule has 2 aromatic carbocycles. The fourth-order valence-corrected chi connectivity index (χ4v) is 3.15. The molecule has 0 bridgehead atoms.